The molecule has 1 unspecified atom stereocenters. The zero-order valence-electron chi connectivity index (χ0n) is 11.2. The summed E-state index contributed by atoms with van der Waals surface area (Å²) >= 11 is 7.21. The summed E-state index contributed by atoms with van der Waals surface area (Å²) in [6.45, 7) is 11.3. The summed E-state index contributed by atoms with van der Waals surface area (Å²) in [4.78, 5) is 0. The second kappa shape index (κ2) is 9.08. The second-order valence-corrected chi connectivity index (χ2v) is 13.6. The lowest BCUT2D eigenvalue weighted by atomic mass is 10.9. The molecule has 0 bridgehead atoms. The van der Waals surface area contributed by atoms with Crippen molar-refractivity contribution in [3.05, 3.63) is 0 Å². The quantitative estimate of drug-likeness (QED) is 0.574. The highest BCUT2D eigenvalue weighted by Gasteiger charge is 2.26. The Morgan fingerprint density at radius 3 is 1.71 bits per heavy atom. The van der Waals surface area contributed by atoms with E-state index in [1.54, 1.807) is 11.4 Å². The molecule has 0 radical (unpaired) electrons. The van der Waals surface area contributed by atoms with Crippen LogP contribution in [0.4, 0.5) is 0 Å². The Balaban J connectivity index is 5.22. The topological polar surface area (TPSA) is 40.0 Å². The van der Waals surface area contributed by atoms with Gasteiger partial charge in [-0.25, -0.2) is 0 Å². The highest BCUT2D eigenvalue weighted by molar-refractivity contribution is 8.70. The lowest BCUT2D eigenvalue weighted by Crippen LogP contribution is -2.00. The Kier molecular flexibility index (Phi) is 9.68. The molecule has 0 aliphatic carbocycles. The van der Waals surface area contributed by atoms with Gasteiger partial charge >= 0.3 is 7.74 Å². The lowest BCUT2D eigenvalue weighted by Gasteiger charge is -2.24. The van der Waals surface area contributed by atoms with E-state index in [1.165, 1.54) is 0 Å². The lowest BCUT2D eigenvalue weighted by molar-refractivity contribution is 0.164. The Labute approximate surface area is 114 Å². The van der Waals surface area contributed by atoms with E-state index >= 15 is 0 Å². The molecule has 104 valence electrons. The van der Waals surface area contributed by atoms with Crippen molar-refractivity contribution in [2.45, 2.75) is 27.7 Å². The van der Waals surface area contributed by atoms with Gasteiger partial charge in [-0.3, -0.25) is 0 Å². The predicted octanol–water partition coefficient (Wildman–Crippen LogP) is 4.73. The average Bonchev–Trinajstić information content (AvgIpc) is 2.17. The number of hydrogen-bond donors (Lipinski definition) is 0. The van der Waals surface area contributed by atoms with Gasteiger partial charge in [0.2, 0.25) is 0 Å². The van der Waals surface area contributed by atoms with Crippen LogP contribution in [-0.4, -0.2) is 32.2 Å². The van der Waals surface area contributed by atoms with Gasteiger partial charge in [0.05, 0.1) is 19.8 Å². The molecule has 0 saturated heterocycles. The molecule has 0 saturated carbocycles. The third-order valence-electron chi connectivity index (χ3n) is 1.52. The Hall–Kier alpha value is 1.11. The van der Waals surface area contributed by atoms with Gasteiger partial charge in [0, 0.05) is 0 Å². The Morgan fingerprint density at radius 1 is 1.00 bits per heavy atom. The van der Waals surface area contributed by atoms with Crippen molar-refractivity contribution in [2.75, 3.05) is 32.2 Å². The Bertz CT molecular complexity index is 289. The zero-order chi connectivity index (χ0) is 13.4. The summed E-state index contributed by atoms with van der Waals surface area (Å²) in [5, 5.41) is -1.85. The van der Waals surface area contributed by atoms with Crippen molar-refractivity contribution in [3.63, 3.8) is 0 Å². The van der Waals surface area contributed by atoms with Crippen molar-refractivity contribution in [1.82, 2.24) is 0 Å². The van der Waals surface area contributed by atoms with Crippen LogP contribution in [0.5, 0.6) is 0 Å². The molecule has 0 amide bonds. The molecule has 0 heterocycles. The van der Waals surface area contributed by atoms with Gasteiger partial charge in [-0.2, -0.15) is 4.52 Å². The highest BCUT2D eigenvalue weighted by Crippen LogP contribution is 2.68. The van der Waals surface area contributed by atoms with Crippen molar-refractivity contribution in [2.24, 2.45) is 4.52 Å². The van der Waals surface area contributed by atoms with Gasteiger partial charge in [0.1, 0.15) is 5.39 Å². The summed E-state index contributed by atoms with van der Waals surface area (Å²) < 4.78 is 21.6. The second-order valence-electron chi connectivity index (χ2n) is 3.03. The van der Waals surface area contributed by atoms with E-state index in [1.807, 2.05) is 27.4 Å². The fourth-order valence-electron chi connectivity index (χ4n) is 1.14. The first-order chi connectivity index (χ1) is 7.95. The molecule has 0 aliphatic heterocycles. The Morgan fingerprint density at radius 2 is 1.41 bits per heavy atom. The van der Waals surface area contributed by atoms with E-state index in [4.69, 9.17) is 25.4 Å². The van der Waals surface area contributed by atoms with Crippen molar-refractivity contribution in [3.8, 4) is 0 Å². The van der Waals surface area contributed by atoms with Crippen LogP contribution in [0, 0.1) is 0 Å². The standard InChI is InChI=1S/C9H23NO3P2S2/c1-6-11-15(12-7-2,13-8-3)10-14(5,16)17-9-4/h6-9H2,1-5H3. The third-order valence-corrected chi connectivity index (χ3v) is 10.7. The maximum Gasteiger partial charge on any atom is 0.360 e. The number of hydrogen-bond acceptors (Lipinski definition) is 5. The molecule has 0 aromatic rings. The van der Waals surface area contributed by atoms with Crippen LogP contribution in [0.2, 0.25) is 0 Å². The zero-order valence-corrected chi connectivity index (χ0v) is 14.6. The average molecular weight is 319 g/mol. The highest BCUT2D eigenvalue weighted by atomic mass is 32.9. The van der Waals surface area contributed by atoms with Crippen LogP contribution in [0.3, 0.4) is 0 Å². The molecular weight excluding hydrogens is 296 g/mol. The molecule has 0 aliphatic rings. The first-order valence-corrected chi connectivity index (χ1v) is 12.0. The van der Waals surface area contributed by atoms with Gasteiger partial charge in [0.25, 0.3) is 0 Å². The maximum atomic E-state index is 5.64. The van der Waals surface area contributed by atoms with Gasteiger partial charge in [-0.05, 0) is 33.2 Å². The van der Waals surface area contributed by atoms with E-state index in [-0.39, 0.29) is 0 Å². The van der Waals surface area contributed by atoms with E-state index in [2.05, 4.69) is 11.4 Å². The smallest absolute Gasteiger partial charge is 0.303 e. The van der Waals surface area contributed by atoms with Gasteiger partial charge in [0.15, 0.2) is 0 Å². The molecule has 0 aromatic carbocycles. The van der Waals surface area contributed by atoms with Crippen molar-refractivity contribution >= 4 is 36.3 Å². The molecule has 0 rings (SSSR count). The predicted molar refractivity (Wildman–Crippen MR) is 82.6 cm³/mol. The summed E-state index contributed by atoms with van der Waals surface area (Å²) in [5.41, 5.74) is 0. The number of rotatable bonds is 9. The minimum atomic E-state index is -2.60. The molecule has 8 heteroatoms. The largest absolute Gasteiger partial charge is 0.360 e. The normalized spacial score (nSPS) is 15.6. The summed E-state index contributed by atoms with van der Waals surface area (Å²) in [7, 11) is -2.60. The van der Waals surface area contributed by atoms with Gasteiger partial charge in [-0.1, -0.05) is 18.7 Å². The van der Waals surface area contributed by atoms with Crippen LogP contribution >= 0.6 is 24.5 Å². The van der Waals surface area contributed by atoms with Crippen LogP contribution in [0.1, 0.15) is 27.7 Å². The molecule has 1 atom stereocenters. The molecule has 0 spiro atoms. The van der Waals surface area contributed by atoms with Crippen LogP contribution in [0.15, 0.2) is 4.52 Å². The number of nitrogens with zero attached hydrogens (tertiary/aromatic N) is 1. The van der Waals surface area contributed by atoms with Crippen LogP contribution < -0.4 is 0 Å². The van der Waals surface area contributed by atoms with Crippen LogP contribution in [-0.2, 0) is 25.4 Å². The van der Waals surface area contributed by atoms with E-state index in [0.717, 1.165) is 5.75 Å². The molecule has 0 N–H and O–H groups in total. The summed E-state index contributed by atoms with van der Waals surface area (Å²) in [6, 6.07) is 0. The minimum absolute atomic E-state index is 0.517. The van der Waals surface area contributed by atoms with Crippen molar-refractivity contribution in [1.29, 1.82) is 0 Å². The van der Waals surface area contributed by atoms with E-state index < -0.39 is 13.1 Å². The monoisotopic (exact) mass is 319 g/mol. The molecular formula is C9H23NO3P2S2. The van der Waals surface area contributed by atoms with E-state index in [9.17, 15) is 0 Å². The molecule has 17 heavy (non-hydrogen) atoms. The maximum absolute atomic E-state index is 5.64. The fourth-order valence-corrected chi connectivity index (χ4v) is 9.70. The fraction of sp³-hybridized carbons (Fsp3) is 1.00. The first kappa shape index (κ1) is 18.1. The van der Waals surface area contributed by atoms with Crippen LogP contribution in [0.25, 0.3) is 0 Å². The minimum Gasteiger partial charge on any atom is -0.303 e. The molecule has 0 aromatic heterocycles. The first-order valence-electron chi connectivity index (χ1n) is 5.74. The van der Waals surface area contributed by atoms with Crippen molar-refractivity contribution < 1.29 is 13.6 Å². The molecule has 0 fully saturated rings. The summed E-state index contributed by atoms with van der Waals surface area (Å²) in [5.74, 6) is 0.946. The summed E-state index contributed by atoms with van der Waals surface area (Å²) in [6.07, 6.45) is 0. The third kappa shape index (κ3) is 7.31. The van der Waals surface area contributed by atoms with Gasteiger partial charge in [-0.15, -0.1) is 11.4 Å². The molecule has 4 nitrogen and oxygen atoms in total. The van der Waals surface area contributed by atoms with E-state index in [0.29, 0.717) is 19.8 Å². The van der Waals surface area contributed by atoms with Gasteiger partial charge < -0.3 is 13.6 Å². The SMILES string of the molecule is CCOP(=NP(C)(=S)SCC)(OCC)OCC.